The third kappa shape index (κ3) is 2.54. The molecule has 1 fully saturated rings. The average molecular weight is 312 g/mol. The van der Waals surface area contributed by atoms with Gasteiger partial charge in [0.05, 0.1) is 0 Å². The second kappa shape index (κ2) is 5.28. The lowest BCUT2D eigenvalue weighted by atomic mass is 10.2. The van der Waals surface area contributed by atoms with Crippen molar-refractivity contribution in [3.63, 3.8) is 0 Å². The molecular weight excluding hydrogens is 297 g/mol. The number of nitrogens with two attached hydrogens (primary N) is 1. The molecule has 0 spiro atoms. The normalized spacial score (nSPS) is 19.1. The minimum atomic E-state index is -4.40. The molecule has 118 valence electrons. The summed E-state index contributed by atoms with van der Waals surface area (Å²) in [6.07, 6.45) is -0.953. The van der Waals surface area contributed by atoms with Gasteiger partial charge in [0.1, 0.15) is 17.4 Å². The fourth-order valence-corrected chi connectivity index (χ4v) is 2.76. The van der Waals surface area contributed by atoms with Crippen molar-refractivity contribution >= 4 is 11.6 Å². The SMILES string of the molecule is NCc1ccc2nc(C(=O)N3CCC[C@H]3C(F)(F)F)cn2c1. The first-order chi connectivity index (χ1) is 10.4. The molecule has 1 aliphatic rings. The van der Waals surface area contributed by atoms with E-state index in [0.717, 1.165) is 10.5 Å². The molecule has 3 rings (SSSR count). The molecule has 22 heavy (non-hydrogen) atoms. The van der Waals surface area contributed by atoms with Crippen LogP contribution in [0.5, 0.6) is 0 Å². The number of alkyl halides is 3. The number of carbonyl (C=O) groups excluding carboxylic acids is 1. The maximum Gasteiger partial charge on any atom is 0.408 e. The van der Waals surface area contributed by atoms with Crippen molar-refractivity contribution < 1.29 is 18.0 Å². The van der Waals surface area contributed by atoms with Crippen molar-refractivity contribution in [2.45, 2.75) is 31.6 Å². The molecule has 0 radical (unpaired) electrons. The number of carbonyl (C=O) groups is 1. The van der Waals surface area contributed by atoms with Gasteiger partial charge in [-0.05, 0) is 24.5 Å². The Balaban J connectivity index is 1.91. The number of imidazole rings is 1. The smallest absolute Gasteiger partial charge is 0.326 e. The summed E-state index contributed by atoms with van der Waals surface area (Å²) >= 11 is 0. The third-order valence-electron chi connectivity index (χ3n) is 3.86. The molecule has 0 saturated carbocycles. The summed E-state index contributed by atoms with van der Waals surface area (Å²) < 4.78 is 40.5. The molecule has 0 bridgehead atoms. The second-order valence-corrected chi connectivity index (χ2v) is 5.33. The predicted molar refractivity (Wildman–Crippen MR) is 73.2 cm³/mol. The van der Waals surface area contributed by atoms with E-state index in [1.807, 2.05) is 0 Å². The van der Waals surface area contributed by atoms with E-state index in [-0.39, 0.29) is 18.7 Å². The monoisotopic (exact) mass is 312 g/mol. The van der Waals surface area contributed by atoms with Crippen LogP contribution in [0.1, 0.15) is 28.9 Å². The summed E-state index contributed by atoms with van der Waals surface area (Å²) in [6, 6.07) is 1.74. The van der Waals surface area contributed by atoms with E-state index >= 15 is 0 Å². The molecule has 2 aromatic heterocycles. The van der Waals surface area contributed by atoms with Gasteiger partial charge in [-0.25, -0.2) is 4.98 Å². The number of nitrogens with zero attached hydrogens (tertiary/aromatic N) is 3. The molecule has 2 N–H and O–H groups in total. The Morgan fingerprint density at radius 3 is 2.82 bits per heavy atom. The summed E-state index contributed by atoms with van der Waals surface area (Å²) in [5.74, 6) is -0.683. The van der Waals surface area contributed by atoms with Crippen LogP contribution in [-0.4, -0.2) is 39.0 Å². The Hall–Kier alpha value is -2.09. The number of amides is 1. The zero-order valence-corrected chi connectivity index (χ0v) is 11.7. The van der Waals surface area contributed by atoms with Gasteiger partial charge in [0.2, 0.25) is 0 Å². The minimum Gasteiger partial charge on any atom is -0.326 e. The largest absolute Gasteiger partial charge is 0.408 e. The Morgan fingerprint density at radius 1 is 1.36 bits per heavy atom. The number of likely N-dealkylation sites (tertiary alicyclic amines) is 1. The van der Waals surface area contributed by atoms with Crippen molar-refractivity contribution in [3.8, 4) is 0 Å². The number of hydrogen-bond acceptors (Lipinski definition) is 3. The highest BCUT2D eigenvalue weighted by atomic mass is 19.4. The predicted octanol–water partition coefficient (Wildman–Crippen LogP) is 1.96. The van der Waals surface area contributed by atoms with Gasteiger partial charge in [0.15, 0.2) is 0 Å². The fraction of sp³-hybridized carbons (Fsp3) is 0.429. The van der Waals surface area contributed by atoms with Crippen LogP contribution in [0.4, 0.5) is 13.2 Å². The molecule has 0 aliphatic carbocycles. The quantitative estimate of drug-likeness (QED) is 0.922. The van der Waals surface area contributed by atoms with E-state index in [2.05, 4.69) is 4.98 Å². The van der Waals surface area contributed by atoms with Crippen molar-refractivity contribution in [2.75, 3.05) is 6.54 Å². The molecule has 1 atom stereocenters. The lowest BCUT2D eigenvalue weighted by Crippen LogP contribution is -2.44. The average Bonchev–Trinajstić information content (AvgIpc) is 3.11. The van der Waals surface area contributed by atoms with Crippen LogP contribution in [0, 0.1) is 0 Å². The summed E-state index contributed by atoms with van der Waals surface area (Å²) in [5.41, 5.74) is 6.91. The molecule has 1 saturated heterocycles. The van der Waals surface area contributed by atoms with E-state index in [0.29, 0.717) is 18.6 Å². The number of rotatable bonds is 2. The number of hydrogen-bond donors (Lipinski definition) is 1. The fourth-order valence-electron chi connectivity index (χ4n) is 2.76. The van der Waals surface area contributed by atoms with Crippen LogP contribution in [-0.2, 0) is 6.54 Å². The maximum absolute atomic E-state index is 13.0. The van der Waals surface area contributed by atoms with E-state index < -0.39 is 18.1 Å². The van der Waals surface area contributed by atoms with Crippen LogP contribution < -0.4 is 5.73 Å². The number of pyridine rings is 1. The Kier molecular flexibility index (Phi) is 3.56. The van der Waals surface area contributed by atoms with Crippen LogP contribution >= 0.6 is 0 Å². The van der Waals surface area contributed by atoms with Gasteiger partial charge in [0.25, 0.3) is 5.91 Å². The second-order valence-electron chi connectivity index (χ2n) is 5.33. The number of halogens is 3. The van der Waals surface area contributed by atoms with Gasteiger partial charge in [-0.15, -0.1) is 0 Å². The molecule has 2 aromatic rings. The molecule has 5 nitrogen and oxygen atoms in total. The maximum atomic E-state index is 13.0. The van der Waals surface area contributed by atoms with Crippen LogP contribution in [0.25, 0.3) is 5.65 Å². The first kappa shape index (κ1) is 14.8. The van der Waals surface area contributed by atoms with E-state index in [1.54, 1.807) is 22.7 Å². The summed E-state index contributed by atoms with van der Waals surface area (Å²) in [4.78, 5) is 17.3. The highest BCUT2D eigenvalue weighted by molar-refractivity contribution is 5.93. The molecular formula is C14H15F3N4O. The number of fused-ring (bicyclic) bond motifs is 1. The van der Waals surface area contributed by atoms with Crippen molar-refractivity contribution in [1.29, 1.82) is 0 Å². The summed E-state index contributed by atoms with van der Waals surface area (Å²) in [5, 5.41) is 0. The standard InChI is InChI=1S/C14H15F3N4O/c15-14(16,17)11-2-1-5-21(11)13(22)10-8-20-7-9(6-18)3-4-12(20)19-10/h3-4,7-8,11H,1-2,5-6,18H2/t11-/m0/s1. The van der Waals surface area contributed by atoms with Crippen LogP contribution in [0.2, 0.25) is 0 Å². The highest BCUT2D eigenvalue weighted by Gasteiger charge is 2.48. The Labute approximate surface area is 124 Å². The van der Waals surface area contributed by atoms with E-state index in [1.165, 1.54) is 6.20 Å². The number of aromatic nitrogens is 2. The molecule has 8 heteroatoms. The molecule has 1 amide bonds. The molecule has 0 aromatic carbocycles. The minimum absolute atomic E-state index is 0.0188. The first-order valence-electron chi connectivity index (χ1n) is 6.95. The van der Waals surface area contributed by atoms with Gasteiger partial charge >= 0.3 is 6.18 Å². The Morgan fingerprint density at radius 2 is 2.14 bits per heavy atom. The van der Waals surface area contributed by atoms with Gasteiger partial charge in [-0.1, -0.05) is 6.07 Å². The van der Waals surface area contributed by atoms with Gasteiger partial charge < -0.3 is 15.0 Å². The zero-order chi connectivity index (χ0) is 15.9. The van der Waals surface area contributed by atoms with Gasteiger partial charge in [-0.2, -0.15) is 13.2 Å². The molecule has 3 heterocycles. The topological polar surface area (TPSA) is 63.6 Å². The van der Waals surface area contributed by atoms with E-state index in [9.17, 15) is 18.0 Å². The zero-order valence-electron chi connectivity index (χ0n) is 11.7. The van der Waals surface area contributed by atoms with Gasteiger partial charge in [0, 0.05) is 25.5 Å². The lowest BCUT2D eigenvalue weighted by Gasteiger charge is -2.25. The first-order valence-corrected chi connectivity index (χ1v) is 6.95. The lowest BCUT2D eigenvalue weighted by molar-refractivity contribution is -0.169. The summed E-state index contributed by atoms with van der Waals surface area (Å²) in [7, 11) is 0. The molecule has 1 aliphatic heterocycles. The van der Waals surface area contributed by atoms with E-state index in [4.69, 9.17) is 5.73 Å². The summed E-state index contributed by atoms with van der Waals surface area (Å²) in [6.45, 7) is 0.435. The van der Waals surface area contributed by atoms with Crippen molar-refractivity contribution in [2.24, 2.45) is 5.73 Å². The van der Waals surface area contributed by atoms with Gasteiger partial charge in [-0.3, -0.25) is 4.79 Å². The highest BCUT2D eigenvalue weighted by Crippen LogP contribution is 2.33. The van der Waals surface area contributed by atoms with Crippen LogP contribution in [0.3, 0.4) is 0 Å². The van der Waals surface area contributed by atoms with Crippen LogP contribution in [0.15, 0.2) is 24.5 Å². The third-order valence-corrected chi connectivity index (χ3v) is 3.86. The van der Waals surface area contributed by atoms with Crippen molar-refractivity contribution in [3.05, 3.63) is 35.8 Å². The van der Waals surface area contributed by atoms with Crippen molar-refractivity contribution in [1.82, 2.24) is 14.3 Å². The Bertz CT molecular complexity index is 710. The molecule has 0 unspecified atom stereocenters.